The lowest BCUT2D eigenvalue weighted by Crippen LogP contribution is -2.55. The van der Waals surface area contributed by atoms with Crippen molar-refractivity contribution in [2.75, 3.05) is 0 Å². The predicted molar refractivity (Wildman–Crippen MR) is 137 cm³/mol. The highest BCUT2D eigenvalue weighted by atomic mass is 16.5. The molecule has 0 heterocycles. The van der Waals surface area contributed by atoms with Crippen LogP contribution in [0.1, 0.15) is 113 Å². The van der Waals surface area contributed by atoms with Crippen molar-refractivity contribution in [2.45, 2.75) is 130 Å². The van der Waals surface area contributed by atoms with Crippen LogP contribution >= 0.6 is 0 Å². The summed E-state index contributed by atoms with van der Waals surface area (Å²) in [6.45, 7) is 15.5. The van der Waals surface area contributed by atoms with Gasteiger partial charge >= 0.3 is 0 Å². The normalized spacial score (nSPS) is 41.5. The van der Waals surface area contributed by atoms with Gasteiger partial charge in [-0.2, -0.15) is 0 Å². The van der Waals surface area contributed by atoms with Gasteiger partial charge in [-0.3, -0.25) is 9.59 Å². The Hall–Kier alpha value is -1.20. The molecule has 0 saturated heterocycles. The lowest BCUT2D eigenvalue weighted by molar-refractivity contribution is -0.144. The average Bonchev–Trinajstić information content (AvgIpc) is 3.05. The smallest absolute Gasteiger partial charge is 0.293 e. The highest BCUT2D eigenvalue weighted by Gasteiger charge is 2.64. The van der Waals surface area contributed by atoms with Crippen molar-refractivity contribution in [1.29, 1.82) is 0 Å². The first kappa shape index (κ1) is 26.9. The molecular formula is C30H48O5. The number of carbonyl (C=O) groups is 2. The number of rotatable bonds is 7. The molecule has 0 aliphatic heterocycles. The van der Waals surface area contributed by atoms with Crippen molar-refractivity contribution in [3.05, 3.63) is 11.1 Å². The quantitative estimate of drug-likeness (QED) is 0.352. The first-order valence-electron chi connectivity index (χ1n) is 13.9. The van der Waals surface area contributed by atoms with Gasteiger partial charge < -0.3 is 14.9 Å². The molecule has 2 N–H and O–H groups in total. The summed E-state index contributed by atoms with van der Waals surface area (Å²) < 4.78 is 5.67. The van der Waals surface area contributed by atoms with Gasteiger partial charge in [0, 0.05) is 12.3 Å². The Morgan fingerprint density at radius 1 is 1.06 bits per heavy atom. The maximum Gasteiger partial charge on any atom is 0.293 e. The van der Waals surface area contributed by atoms with Crippen molar-refractivity contribution >= 4 is 12.3 Å². The molecule has 0 aromatic rings. The summed E-state index contributed by atoms with van der Waals surface area (Å²) in [5, 5.41) is 20.9. The van der Waals surface area contributed by atoms with Crippen LogP contribution in [0.15, 0.2) is 11.1 Å². The molecule has 5 heteroatoms. The number of hydrogen-bond acceptors (Lipinski definition) is 5. The van der Waals surface area contributed by atoms with E-state index in [4.69, 9.17) is 4.74 Å². The summed E-state index contributed by atoms with van der Waals surface area (Å²) in [5.41, 5.74) is 2.10. The number of fused-ring (bicyclic) bond motifs is 4. The minimum Gasteiger partial charge on any atom is -0.464 e. The van der Waals surface area contributed by atoms with Gasteiger partial charge in [0.2, 0.25) is 0 Å². The molecule has 0 bridgehead atoms. The largest absolute Gasteiger partial charge is 0.464 e. The van der Waals surface area contributed by atoms with E-state index >= 15 is 0 Å². The molecule has 0 aromatic carbocycles. The fraction of sp³-hybridized carbons (Fsp3) is 0.867. The molecule has 0 amide bonds. The number of ketones is 1. The van der Waals surface area contributed by atoms with Crippen LogP contribution in [0.2, 0.25) is 0 Å². The summed E-state index contributed by atoms with van der Waals surface area (Å²) in [7, 11) is 0. The molecule has 4 rings (SSSR count). The number of hydrogen-bond donors (Lipinski definition) is 2. The monoisotopic (exact) mass is 488 g/mol. The van der Waals surface area contributed by atoms with E-state index in [0.29, 0.717) is 18.8 Å². The molecule has 5 nitrogen and oxygen atoms in total. The van der Waals surface area contributed by atoms with Crippen LogP contribution < -0.4 is 0 Å². The molecule has 0 spiro atoms. The Kier molecular flexibility index (Phi) is 6.66. The van der Waals surface area contributed by atoms with Crippen LogP contribution in [-0.2, 0) is 14.3 Å². The Morgan fingerprint density at radius 2 is 1.74 bits per heavy atom. The highest BCUT2D eigenvalue weighted by molar-refractivity contribution is 5.86. The van der Waals surface area contributed by atoms with Crippen LogP contribution in [0.5, 0.6) is 0 Å². The molecule has 198 valence electrons. The van der Waals surface area contributed by atoms with Gasteiger partial charge in [-0.15, -0.1) is 0 Å². The van der Waals surface area contributed by atoms with E-state index in [0.717, 1.165) is 51.4 Å². The standard InChI is InChI=1S/C30H48O5/c1-26(2)23-10-8-20-19(28(23,5)15-14-24(26)32)12-16-30(7)21(13-17-29(20,30)6)22(35-18-31)9-11-25(33)27(3,4)34/h18,21-24,32,34H,8-17H2,1-7H3/t21-,22-,23?,24+,28-,29+,30-/m1/s1. The van der Waals surface area contributed by atoms with Gasteiger partial charge in [0.15, 0.2) is 5.78 Å². The third-order valence-corrected chi connectivity index (χ3v) is 11.8. The van der Waals surface area contributed by atoms with Gasteiger partial charge in [-0.25, -0.2) is 0 Å². The summed E-state index contributed by atoms with van der Waals surface area (Å²) in [5.74, 6) is 0.503. The van der Waals surface area contributed by atoms with Crippen molar-refractivity contribution in [1.82, 2.24) is 0 Å². The van der Waals surface area contributed by atoms with Crippen LogP contribution in [0, 0.1) is 33.5 Å². The summed E-state index contributed by atoms with van der Waals surface area (Å²) in [6.07, 6.45) is 8.53. The zero-order chi connectivity index (χ0) is 26.0. The van der Waals surface area contributed by atoms with Crippen LogP contribution in [0.3, 0.4) is 0 Å². The Bertz CT molecular complexity index is 897. The molecule has 0 radical (unpaired) electrons. The Labute approximate surface area is 212 Å². The van der Waals surface area contributed by atoms with Gasteiger partial charge in [0.05, 0.1) is 6.10 Å². The zero-order valence-corrected chi connectivity index (χ0v) is 23.1. The van der Waals surface area contributed by atoms with Crippen LogP contribution in [-0.4, -0.2) is 40.3 Å². The first-order valence-corrected chi connectivity index (χ1v) is 13.9. The van der Waals surface area contributed by atoms with Crippen LogP contribution in [0.4, 0.5) is 0 Å². The molecule has 35 heavy (non-hydrogen) atoms. The third-order valence-electron chi connectivity index (χ3n) is 11.8. The highest BCUT2D eigenvalue weighted by Crippen LogP contribution is 2.72. The second-order valence-corrected chi connectivity index (χ2v) is 14.0. The second kappa shape index (κ2) is 8.68. The maximum atomic E-state index is 12.4. The van der Waals surface area contributed by atoms with E-state index in [1.807, 2.05) is 0 Å². The van der Waals surface area contributed by atoms with E-state index in [2.05, 4.69) is 34.6 Å². The SMILES string of the molecule is CC(C)(O)C(=O)CC[C@@H](OC=O)[C@H]1CC[C@@]2(C)C3=C(CC[C@]12C)[C@@]1(C)CC[C@H](O)C(C)(C)C1CC3. The lowest BCUT2D eigenvalue weighted by Gasteiger charge is -2.62. The molecule has 2 fully saturated rings. The maximum absolute atomic E-state index is 12.4. The molecule has 1 unspecified atom stereocenters. The number of allylic oxidation sites excluding steroid dienone is 2. The molecule has 2 saturated carbocycles. The van der Waals surface area contributed by atoms with Gasteiger partial charge in [0.1, 0.15) is 11.7 Å². The first-order chi connectivity index (χ1) is 16.1. The number of aliphatic hydroxyl groups excluding tert-OH is 1. The second-order valence-electron chi connectivity index (χ2n) is 14.0. The van der Waals surface area contributed by atoms with E-state index < -0.39 is 5.60 Å². The minimum atomic E-state index is -1.36. The van der Waals surface area contributed by atoms with Gasteiger partial charge in [0.25, 0.3) is 6.47 Å². The average molecular weight is 489 g/mol. The third kappa shape index (κ3) is 3.95. The van der Waals surface area contributed by atoms with E-state index in [1.54, 1.807) is 11.1 Å². The van der Waals surface area contributed by atoms with E-state index in [-0.39, 0.29) is 52.0 Å². The summed E-state index contributed by atoms with van der Waals surface area (Å²) in [6, 6.07) is 0. The van der Waals surface area contributed by atoms with Crippen LogP contribution in [0.25, 0.3) is 0 Å². The Morgan fingerprint density at radius 3 is 2.37 bits per heavy atom. The lowest BCUT2D eigenvalue weighted by atomic mass is 9.43. The number of ether oxygens (including phenoxy) is 1. The molecular weight excluding hydrogens is 440 g/mol. The Balaban J connectivity index is 1.65. The number of aliphatic hydroxyl groups is 2. The van der Waals surface area contributed by atoms with Crippen molar-refractivity contribution in [3.63, 3.8) is 0 Å². The molecule has 7 atom stereocenters. The van der Waals surface area contributed by atoms with Crippen molar-refractivity contribution in [3.8, 4) is 0 Å². The fourth-order valence-electron chi connectivity index (χ4n) is 9.33. The van der Waals surface area contributed by atoms with Crippen molar-refractivity contribution < 1.29 is 24.5 Å². The van der Waals surface area contributed by atoms with E-state index in [1.165, 1.54) is 13.8 Å². The molecule has 0 aromatic heterocycles. The van der Waals surface area contributed by atoms with Gasteiger partial charge in [-0.1, -0.05) is 45.8 Å². The molecule has 4 aliphatic rings. The van der Waals surface area contributed by atoms with E-state index in [9.17, 15) is 19.8 Å². The molecule has 4 aliphatic carbocycles. The summed E-state index contributed by atoms with van der Waals surface area (Å²) in [4.78, 5) is 23.9. The number of carbonyl (C=O) groups excluding carboxylic acids is 2. The van der Waals surface area contributed by atoms with Crippen molar-refractivity contribution in [2.24, 2.45) is 33.5 Å². The fourth-order valence-corrected chi connectivity index (χ4v) is 9.33. The van der Waals surface area contributed by atoms with Gasteiger partial charge in [-0.05, 0) is 99.2 Å². The number of Topliss-reactive ketones (excluding diaryl/α,β-unsaturated/α-hetero) is 1. The minimum absolute atomic E-state index is 0.00415. The summed E-state index contributed by atoms with van der Waals surface area (Å²) >= 11 is 0. The zero-order valence-electron chi connectivity index (χ0n) is 23.1. The topological polar surface area (TPSA) is 83.8 Å². The predicted octanol–water partition coefficient (Wildman–Crippen LogP) is 5.76.